The van der Waals surface area contributed by atoms with Gasteiger partial charge in [-0.2, -0.15) is 0 Å². The molecule has 188 valence electrons. The Morgan fingerprint density at radius 2 is 1.68 bits per heavy atom. The molecular formula is C29H29FN6O. The SMILES string of the molecule is CN1CCN(Cc2ccc(F)cc2-c2ccc3nc(N)nc(C(=O)N4Cc5ccccc5C4)c3c2)CC1. The minimum absolute atomic E-state index is 0.0572. The number of rotatable bonds is 4. The van der Waals surface area contributed by atoms with Crippen LogP contribution in [0.15, 0.2) is 60.7 Å². The van der Waals surface area contributed by atoms with Gasteiger partial charge in [-0.05, 0) is 59.1 Å². The van der Waals surface area contributed by atoms with Crippen molar-refractivity contribution in [3.8, 4) is 11.1 Å². The molecule has 2 N–H and O–H groups in total. The summed E-state index contributed by atoms with van der Waals surface area (Å²) in [4.78, 5) is 28.9. The summed E-state index contributed by atoms with van der Waals surface area (Å²) in [7, 11) is 2.13. The van der Waals surface area contributed by atoms with Crippen LogP contribution in [0.4, 0.5) is 10.3 Å². The lowest BCUT2D eigenvalue weighted by Crippen LogP contribution is -2.43. The number of anilines is 1. The quantitative estimate of drug-likeness (QED) is 0.462. The predicted molar refractivity (Wildman–Crippen MR) is 142 cm³/mol. The summed E-state index contributed by atoms with van der Waals surface area (Å²) >= 11 is 0. The summed E-state index contributed by atoms with van der Waals surface area (Å²) in [5.41, 5.74) is 11.8. The number of nitrogen functional groups attached to an aromatic ring is 1. The molecule has 2 aliphatic rings. The van der Waals surface area contributed by atoms with Gasteiger partial charge in [0, 0.05) is 51.2 Å². The number of fused-ring (bicyclic) bond motifs is 2. The minimum atomic E-state index is -0.295. The first-order chi connectivity index (χ1) is 17.9. The molecule has 1 aromatic heterocycles. The van der Waals surface area contributed by atoms with Crippen molar-refractivity contribution in [1.82, 2.24) is 24.7 Å². The van der Waals surface area contributed by atoms with E-state index in [1.165, 1.54) is 6.07 Å². The third kappa shape index (κ3) is 4.65. The summed E-state index contributed by atoms with van der Waals surface area (Å²) in [6, 6.07) is 18.6. The van der Waals surface area contributed by atoms with Crippen LogP contribution in [-0.2, 0) is 19.6 Å². The highest BCUT2D eigenvalue weighted by molar-refractivity contribution is 6.06. The highest BCUT2D eigenvalue weighted by Crippen LogP contribution is 2.31. The molecule has 8 heteroatoms. The topological polar surface area (TPSA) is 78.6 Å². The highest BCUT2D eigenvalue weighted by Gasteiger charge is 2.27. The Hall–Kier alpha value is -3.88. The molecule has 0 unspecified atom stereocenters. The third-order valence-electron chi connectivity index (χ3n) is 7.42. The highest BCUT2D eigenvalue weighted by atomic mass is 19.1. The second kappa shape index (κ2) is 9.53. The fraction of sp³-hybridized carbons (Fsp3) is 0.276. The average molecular weight is 497 g/mol. The maximum atomic E-state index is 14.4. The van der Waals surface area contributed by atoms with Crippen molar-refractivity contribution in [3.63, 3.8) is 0 Å². The van der Waals surface area contributed by atoms with Crippen LogP contribution in [0.1, 0.15) is 27.2 Å². The van der Waals surface area contributed by atoms with Gasteiger partial charge in [0.25, 0.3) is 5.91 Å². The molecule has 0 spiro atoms. The van der Waals surface area contributed by atoms with E-state index in [-0.39, 0.29) is 23.4 Å². The largest absolute Gasteiger partial charge is 0.368 e. The van der Waals surface area contributed by atoms with Crippen LogP contribution in [0.5, 0.6) is 0 Å². The normalized spacial score (nSPS) is 16.3. The Kier molecular flexibility index (Phi) is 6.06. The third-order valence-corrected chi connectivity index (χ3v) is 7.42. The Labute approximate surface area is 215 Å². The summed E-state index contributed by atoms with van der Waals surface area (Å²) in [6.07, 6.45) is 0. The summed E-state index contributed by atoms with van der Waals surface area (Å²) in [6.45, 7) is 5.74. The number of nitrogens with zero attached hydrogens (tertiary/aromatic N) is 5. The van der Waals surface area contributed by atoms with Gasteiger partial charge in [0.2, 0.25) is 5.95 Å². The second-order valence-corrected chi connectivity index (χ2v) is 9.97. The van der Waals surface area contributed by atoms with Gasteiger partial charge in [-0.25, -0.2) is 14.4 Å². The van der Waals surface area contributed by atoms with Crippen LogP contribution in [-0.4, -0.2) is 63.8 Å². The number of amides is 1. The first-order valence-corrected chi connectivity index (χ1v) is 12.6. The van der Waals surface area contributed by atoms with E-state index >= 15 is 0 Å². The predicted octanol–water partition coefficient (Wildman–Crippen LogP) is 3.92. The van der Waals surface area contributed by atoms with Crippen LogP contribution in [0.25, 0.3) is 22.0 Å². The molecule has 0 bridgehead atoms. The molecule has 0 atom stereocenters. The number of carbonyl (C=O) groups excluding carboxylic acids is 1. The maximum Gasteiger partial charge on any atom is 0.273 e. The molecule has 0 radical (unpaired) electrons. The first kappa shape index (κ1) is 23.5. The smallest absolute Gasteiger partial charge is 0.273 e. The Bertz CT molecular complexity index is 1470. The zero-order valence-electron chi connectivity index (χ0n) is 20.8. The molecular weight excluding hydrogens is 467 g/mol. The Morgan fingerprint density at radius 1 is 0.946 bits per heavy atom. The van der Waals surface area contributed by atoms with E-state index in [2.05, 4.69) is 26.8 Å². The number of likely N-dealkylation sites (N-methyl/N-ethyl adjacent to an activating group) is 1. The van der Waals surface area contributed by atoms with Crippen LogP contribution in [0.3, 0.4) is 0 Å². The summed E-state index contributed by atoms with van der Waals surface area (Å²) < 4.78 is 14.4. The zero-order chi connectivity index (χ0) is 25.5. The number of aromatic nitrogens is 2. The maximum absolute atomic E-state index is 14.4. The lowest BCUT2D eigenvalue weighted by molar-refractivity contribution is 0.0747. The van der Waals surface area contributed by atoms with Crippen molar-refractivity contribution < 1.29 is 9.18 Å². The number of halogens is 1. The molecule has 0 saturated carbocycles. The number of carbonyl (C=O) groups is 1. The van der Waals surface area contributed by atoms with Crippen molar-refractivity contribution in [2.75, 3.05) is 39.0 Å². The average Bonchev–Trinajstić information content (AvgIpc) is 3.34. The molecule has 3 aromatic carbocycles. The van der Waals surface area contributed by atoms with Gasteiger partial charge in [-0.3, -0.25) is 9.69 Å². The van der Waals surface area contributed by atoms with Crippen molar-refractivity contribution in [2.24, 2.45) is 0 Å². The summed E-state index contributed by atoms with van der Waals surface area (Å²) in [5, 5.41) is 0.613. The van der Waals surface area contributed by atoms with Gasteiger partial charge >= 0.3 is 0 Å². The van der Waals surface area contributed by atoms with Gasteiger partial charge in [-0.15, -0.1) is 0 Å². The van der Waals surface area contributed by atoms with E-state index in [0.717, 1.165) is 60.5 Å². The Morgan fingerprint density at radius 3 is 2.41 bits per heavy atom. The fourth-order valence-corrected chi connectivity index (χ4v) is 5.31. The first-order valence-electron chi connectivity index (χ1n) is 12.6. The monoisotopic (exact) mass is 496 g/mol. The van der Waals surface area contributed by atoms with Gasteiger partial charge in [0.1, 0.15) is 11.5 Å². The zero-order valence-corrected chi connectivity index (χ0v) is 20.8. The van der Waals surface area contributed by atoms with E-state index in [1.807, 2.05) is 48.5 Å². The van der Waals surface area contributed by atoms with E-state index in [1.54, 1.807) is 11.0 Å². The molecule has 7 nitrogen and oxygen atoms in total. The molecule has 0 aliphatic carbocycles. The molecule has 1 amide bonds. The molecule has 1 fully saturated rings. The van der Waals surface area contributed by atoms with Gasteiger partial charge in [-0.1, -0.05) is 36.4 Å². The number of benzene rings is 3. The molecule has 3 heterocycles. The minimum Gasteiger partial charge on any atom is -0.368 e. The standard InChI is InChI=1S/C29H29FN6O/c1-34-10-12-35(13-11-34)16-22-6-8-23(30)15-24(22)19-7-9-26-25(14-19)27(33-29(31)32-26)28(37)36-17-20-4-2-3-5-21(20)18-36/h2-9,14-15H,10-13,16-18H2,1H3,(H2,31,32,33). The van der Waals surface area contributed by atoms with Gasteiger partial charge < -0.3 is 15.5 Å². The molecule has 37 heavy (non-hydrogen) atoms. The van der Waals surface area contributed by atoms with E-state index in [4.69, 9.17) is 5.73 Å². The fourth-order valence-electron chi connectivity index (χ4n) is 5.31. The number of piperazine rings is 1. The van der Waals surface area contributed by atoms with Gasteiger partial charge in [0.05, 0.1) is 5.52 Å². The molecule has 1 saturated heterocycles. The molecule has 2 aliphatic heterocycles. The Balaban J connectivity index is 1.37. The molecule has 6 rings (SSSR count). The van der Waals surface area contributed by atoms with Crippen molar-refractivity contribution in [1.29, 1.82) is 0 Å². The van der Waals surface area contributed by atoms with Crippen molar-refractivity contribution in [3.05, 3.63) is 88.9 Å². The van der Waals surface area contributed by atoms with E-state index in [0.29, 0.717) is 24.0 Å². The molecule has 4 aromatic rings. The summed E-state index contributed by atoms with van der Waals surface area (Å²) in [5.74, 6) is -0.428. The number of nitrogens with two attached hydrogens (primary N) is 1. The van der Waals surface area contributed by atoms with Crippen molar-refractivity contribution >= 4 is 22.8 Å². The van der Waals surface area contributed by atoms with E-state index < -0.39 is 0 Å². The second-order valence-electron chi connectivity index (χ2n) is 9.97. The number of hydrogen-bond acceptors (Lipinski definition) is 6. The van der Waals surface area contributed by atoms with Crippen LogP contribution >= 0.6 is 0 Å². The van der Waals surface area contributed by atoms with Crippen LogP contribution in [0.2, 0.25) is 0 Å². The van der Waals surface area contributed by atoms with Gasteiger partial charge in [0.15, 0.2) is 0 Å². The lowest BCUT2D eigenvalue weighted by Gasteiger charge is -2.32. The number of hydrogen-bond donors (Lipinski definition) is 1. The van der Waals surface area contributed by atoms with Crippen molar-refractivity contribution in [2.45, 2.75) is 19.6 Å². The van der Waals surface area contributed by atoms with Crippen LogP contribution < -0.4 is 5.73 Å². The van der Waals surface area contributed by atoms with E-state index in [9.17, 15) is 9.18 Å². The lowest BCUT2D eigenvalue weighted by atomic mass is 9.97. The van der Waals surface area contributed by atoms with Crippen LogP contribution in [0, 0.1) is 5.82 Å².